The van der Waals surface area contributed by atoms with Crippen LogP contribution in [-0.4, -0.2) is 40.6 Å². The van der Waals surface area contributed by atoms with Crippen molar-refractivity contribution in [2.75, 3.05) is 25.1 Å². The topological polar surface area (TPSA) is 60.4 Å². The van der Waals surface area contributed by atoms with E-state index in [2.05, 4.69) is 14.3 Å². The lowest BCUT2D eigenvalue weighted by atomic mass is 10.3. The minimum atomic E-state index is -4.40. The zero-order valence-corrected chi connectivity index (χ0v) is 13.6. The predicted octanol–water partition coefficient (Wildman–Crippen LogP) is 2.76. The molecule has 0 spiro atoms. The van der Waals surface area contributed by atoms with Crippen molar-refractivity contribution in [1.29, 1.82) is 0 Å². The van der Waals surface area contributed by atoms with Crippen LogP contribution in [0, 0.1) is 0 Å². The number of nitrogens with zero attached hydrogens (tertiary/aromatic N) is 4. The summed E-state index contributed by atoms with van der Waals surface area (Å²) in [5.41, 5.74) is -0.789. The molecular weight excluding hydrogens is 345 g/mol. The summed E-state index contributed by atoms with van der Waals surface area (Å²) in [6, 6.07) is 2.21. The lowest BCUT2D eigenvalue weighted by Gasteiger charge is -2.15. The van der Waals surface area contributed by atoms with Crippen molar-refractivity contribution >= 4 is 16.7 Å². The first-order valence-electron chi connectivity index (χ1n) is 7.22. The van der Waals surface area contributed by atoms with Gasteiger partial charge in [0.1, 0.15) is 12.7 Å². The highest BCUT2D eigenvalue weighted by atomic mass is 32.1. The molecule has 0 aliphatic carbocycles. The molecule has 1 atom stereocenters. The minimum Gasteiger partial charge on any atom is -0.472 e. The predicted molar refractivity (Wildman–Crippen MR) is 81.1 cm³/mol. The molecule has 1 aliphatic rings. The van der Waals surface area contributed by atoms with Crippen LogP contribution in [0.2, 0.25) is 0 Å². The number of aromatic nitrogens is 3. The van der Waals surface area contributed by atoms with Crippen LogP contribution in [0.15, 0.2) is 18.3 Å². The van der Waals surface area contributed by atoms with Gasteiger partial charge in [-0.25, -0.2) is 9.97 Å². The fraction of sp³-hybridized carbons (Fsp3) is 0.500. The van der Waals surface area contributed by atoms with Crippen molar-refractivity contribution in [3.63, 3.8) is 0 Å². The second kappa shape index (κ2) is 6.89. The molecule has 3 rings (SSSR count). The molecule has 0 saturated carbocycles. The first kappa shape index (κ1) is 16.9. The maximum Gasteiger partial charge on any atom is 0.417 e. The normalized spacial score (nSPS) is 18.2. The van der Waals surface area contributed by atoms with Gasteiger partial charge in [0.2, 0.25) is 11.0 Å². The first-order chi connectivity index (χ1) is 11.5. The Morgan fingerprint density at radius 1 is 1.38 bits per heavy atom. The molecule has 1 saturated heterocycles. The van der Waals surface area contributed by atoms with Crippen LogP contribution in [0.3, 0.4) is 0 Å². The highest BCUT2D eigenvalue weighted by molar-refractivity contribution is 7.09. The van der Waals surface area contributed by atoms with Crippen LogP contribution < -0.4 is 9.64 Å². The minimum absolute atomic E-state index is 0.149. The molecule has 2 aromatic heterocycles. The molecule has 1 fully saturated rings. The first-order valence-corrected chi connectivity index (χ1v) is 7.99. The van der Waals surface area contributed by atoms with Gasteiger partial charge in [0.15, 0.2) is 5.82 Å². The van der Waals surface area contributed by atoms with E-state index in [1.165, 1.54) is 17.6 Å². The molecule has 0 amide bonds. The van der Waals surface area contributed by atoms with E-state index < -0.39 is 11.7 Å². The van der Waals surface area contributed by atoms with Crippen LogP contribution in [0.25, 0.3) is 0 Å². The summed E-state index contributed by atoms with van der Waals surface area (Å²) in [5.74, 6) is 0.818. The van der Waals surface area contributed by atoms with Gasteiger partial charge in [-0.2, -0.15) is 17.5 Å². The number of anilines is 1. The third-order valence-corrected chi connectivity index (χ3v) is 4.31. The molecule has 3 heterocycles. The van der Waals surface area contributed by atoms with Crippen molar-refractivity contribution < 1.29 is 22.6 Å². The van der Waals surface area contributed by atoms with Crippen molar-refractivity contribution in [1.82, 2.24) is 14.3 Å². The van der Waals surface area contributed by atoms with E-state index >= 15 is 0 Å². The standard InChI is InChI=1S/C14H15F3N4O2S/c1-22-8-11-19-13(24-20-11)21-5-4-10(7-21)23-12-3-2-9(6-18-12)14(15,16)17/h2-3,6,10H,4-5,7-8H2,1H3. The number of methoxy groups -OCH3 is 1. The molecule has 6 nitrogen and oxygen atoms in total. The van der Waals surface area contributed by atoms with Crippen LogP contribution in [0.4, 0.5) is 18.3 Å². The summed E-state index contributed by atoms with van der Waals surface area (Å²) in [5, 5.41) is 0.786. The SMILES string of the molecule is COCc1nsc(N2CCC(Oc3ccc(C(F)(F)F)cn3)C2)n1. The molecule has 0 bridgehead atoms. The van der Waals surface area contributed by atoms with E-state index in [1.54, 1.807) is 7.11 Å². The van der Waals surface area contributed by atoms with Gasteiger partial charge >= 0.3 is 6.18 Å². The Labute approximate surface area is 140 Å². The number of ether oxygens (including phenoxy) is 2. The lowest BCUT2D eigenvalue weighted by Crippen LogP contribution is -2.24. The van der Waals surface area contributed by atoms with Crippen LogP contribution in [0.5, 0.6) is 5.88 Å². The quantitative estimate of drug-likeness (QED) is 0.817. The Bertz CT molecular complexity index is 677. The summed E-state index contributed by atoms with van der Waals surface area (Å²) >= 11 is 1.29. The molecule has 2 aromatic rings. The van der Waals surface area contributed by atoms with Gasteiger partial charge in [0, 0.05) is 43.9 Å². The average molecular weight is 360 g/mol. The highest BCUT2D eigenvalue weighted by Crippen LogP contribution is 2.30. The Balaban J connectivity index is 1.57. The Morgan fingerprint density at radius 3 is 2.88 bits per heavy atom. The molecule has 10 heteroatoms. The highest BCUT2D eigenvalue weighted by Gasteiger charge is 2.31. The molecule has 0 aromatic carbocycles. The van der Waals surface area contributed by atoms with Crippen molar-refractivity contribution in [2.24, 2.45) is 0 Å². The van der Waals surface area contributed by atoms with Gasteiger partial charge in [-0.1, -0.05) is 0 Å². The van der Waals surface area contributed by atoms with Crippen molar-refractivity contribution in [3.05, 3.63) is 29.7 Å². The number of hydrogen-bond donors (Lipinski definition) is 0. The number of pyridine rings is 1. The van der Waals surface area contributed by atoms with Gasteiger partial charge in [0.25, 0.3) is 0 Å². The maximum absolute atomic E-state index is 12.5. The Hall–Kier alpha value is -1.94. The molecular formula is C14H15F3N4O2S. The summed E-state index contributed by atoms with van der Waals surface area (Å²) in [6.45, 7) is 1.69. The molecule has 0 N–H and O–H groups in total. The van der Waals surface area contributed by atoms with Gasteiger partial charge in [-0.05, 0) is 6.07 Å². The Morgan fingerprint density at radius 2 is 2.21 bits per heavy atom. The van der Waals surface area contributed by atoms with Crippen molar-refractivity contribution in [3.8, 4) is 5.88 Å². The van der Waals surface area contributed by atoms with E-state index in [9.17, 15) is 13.2 Å². The van der Waals surface area contributed by atoms with Gasteiger partial charge in [-0.15, -0.1) is 0 Å². The fourth-order valence-electron chi connectivity index (χ4n) is 2.35. The Kier molecular flexibility index (Phi) is 4.86. The van der Waals surface area contributed by atoms with E-state index in [0.29, 0.717) is 19.0 Å². The second-order valence-electron chi connectivity index (χ2n) is 5.28. The van der Waals surface area contributed by atoms with Crippen molar-refractivity contribution in [2.45, 2.75) is 25.3 Å². The molecule has 24 heavy (non-hydrogen) atoms. The number of rotatable bonds is 5. The van der Waals surface area contributed by atoms with E-state index in [1.807, 2.05) is 4.90 Å². The summed E-state index contributed by atoms with van der Waals surface area (Å²) in [4.78, 5) is 10.1. The van der Waals surface area contributed by atoms with Crippen LogP contribution >= 0.6 is 11.5 Å². The maximum atomic E-state index is 12.5. The van der Waals surface area contributed by atoms with E-state index in [4.69, 9.17) is 9.47 Å². The zero-order chi connectivity index (χ0) is 17.2. The molecule has 1 unspecified atom stereocenters. The smallest absolute Gasteiger partial charge is 0.417 e. The lowest BCUT2D eigenvalue weighted by molar-refractivity contribution is -0.137. The van der Waals surface area contributed by atoms with Gasteiger partial charge < -0.3 is 14.4 Å². The number of alkyl halides is 3. The molecule has 1 aliphatic heterocycles. The third-order valence-electron chi connectivity index (χ3n) is 3.50. The van der Waals surface area contributed by atoms with Crippen LogP contribution in [0.1, 0.15) is 17.8 Å². The largest absolute Gasteiger partial charge is 0.472 e. The van der Waals surface area contributed by atoms with Gasteiger partial charge in [-0.3, -0.25) is 0 Å². The summed E-state index contributed by atoms with van der Waals surface area (Å²) < 4.78 is 52.4. The fourth-order valence-corrected chi connectivity index (χ4v) is 3.06. The summed E-state index contributed by atoms with van der Waals surface area (Å²) in [6.07, 6.45) is -3.02. The average Bonchev–Trinajstić information content (AvgIpc) is 3.16. The van der Waals surface area contributed by atoms with Crippen LogP contribution in [-0.2, 0) is 17.5 Å². The third kappa shape index (κ3) is 3.93. The molecule has 0 radical (unpaired) electrons. The van der Waals surface area contributed by atoms with Gasteiger partial charge in [0.05, 0.1) is 12.1 Å². The summed E-state index contributed by atoms with van der Waals surface area (Å²) in [7, 11) is 1.58. The molecule has 130 valence electrons. The zero-order valence-electron chi connectivity index (χ0n) is 12.8. The number of hydrogen-bond acceptors (Lipinski definition) is 7. The second-order valence-corrected chi connectivity index (χ2v) is 6.01. The van der Waals surface area contributed by atoms with E-state index in [-0.39, 0.29) is 12.0 Å². The monoisotopic (exact) mass is 360 g/mol. The number of halogens is 3. The van der Waals surface area contributed by atoms with E-state index in [0.717, 1.165) is 30.4 Å².